The number of aryl methyl sites for hydroxylation is 1. The molecule has 0 aromatic heterocycles. The molecule has 3 nitrogen and oxygen atoms in total. The lowest BCUT2D eigenvalue weighted by Crippen LogP contribution is -2.18. The van der Waals surface area contributed by atoms with Gasteiger partial charge < -0.3 is 15.6 Å². The first kappa shape index (κ1) is 22.2. The summed E-state index contributed by atoms with van der Waals surface area (Å²) in [6, 6.07) is 3.86. The van der Waals surface area contributed by atoms with Crippen LogP contribution in [0.25, 0.3) is 0 Å². The number of hydrogen-bond donors (Lipinski definition) is 2. The van der Waals surface area contributed by atoms with E-state index >= 15 is 0 Å². The Balaban J connectivity index is 0.00000105. The Hall–Kier alpha value is -1.81. The zero-order chi connectivity index (χ0) is 19.5. The molecule has 26 heavy (non-hydrogen) atoms. The number of allylic oxidation sites excluding steroid dienone is 3. The number of phenolic OH excluding ortho intramolecular Hbond substituents is 1. The van der Waals surface area contributed by atoms with Crippen LogP contribution < -0.4 is 10.5 Å². The van der Waals surface area contributed by atoms with Crippen LogP contribution in [0, 0.1) is 0 Å². The number of aromatic hydroxyl groups is 1. The average Bonchev–Trinajstić information content (AvgIpc) is 2.55. The molecule has 0 fully saturated rings. The van der Waals surface area contributed by atoms with Crippen LogP contribution in [0.4, 0.5) is 0 Å². The van der Waals surface area contributed by atoms with Crippen LogP contribution in [0.1, 0.15) is 76.3 Å². The molecular weight excluding hydrogens is 342 g/mol. The van der Waals surface area contributed by atoms with Gasteiger partial charge in [0.05, 0.1) is 0 Å². The van der Waals surface area contributed by atoms with Crippen molar-refractivity contribution in [1.29, 1.82) is 0 Å². The van der Waals surface area contributed by atoms with E-state index in [9.17, 15) is 5.11 Å². The molecular formula is C22H33NO2S. The summed E-state index contributed by atoms with van der Waals surface area (Å²) in [5.74, 6) is 1.07. The maximum Gasteiger partial charge on any atom is 0.259 e. The topological polar surface area (TPSA) is 55.5 Å². The van der Waals surface area contributed by atoms with Crippen molar-refractivity contribution in [3.8, 4) is 11.5 Å². The highest BCUT2D eigenvalue weighted by atomic mass is 32.1. The van der Waals surface area contributed by atoms with E-state index in [0.29, 0.717) is 11.5 Å². The van der Waals surface area contributed by atoms with Gasteiger partial charge in [-0.1, -0.05) is 37.5 Å². The standard InChI is InChI=1S/C19H27NO2S.C3H6/c1-3-4-5-8-14-11-16(21)18(17(12-14)22-19(20)23)15-9-6-7-13(2)10-15;1-3-2/h10-12,15,21H,3-9H2,1-2H3,(H2,20,23);3H,1H2,2H3. The number of hydrogen-bond acceptors (Lipinski definition) is 3. The molecule has 1 aliphatic carbocycles. The van der Waals surface area contributed by atoms with E-state index < -0.39 is 0 Å². The number of phenols is 1. The van der Waals surface area contributed by atoms with E-state index in [1.807, 2.05) is 19.1 Å². The zero-order valence-electron chi connectivity index (χ0n) is 16.4. The van der Waals surface area contributed by atoms with Crippen LogP contribution in [0.5, 0.6) is 11.5 Å². The van der Waals surface area contributed by atoms with Gasteiger partial charge in [0.2, 0.25) is 0 Å². The summed E-state index contributed by atoms with van der Waals surface area (Å²) in [6.45, 7) is 9.57. The van der Waals surface area contributed by atoms with Gasteiger partial charge in [-0.25, -0.2) is 0 Å². The van der Waals surface area contributed by atoms with E-state index in [1.165, 1.54) is 18.4 Å². The minimum absolute atomic E-state index is 0.00660. The van der Waals surface area contributed by atoms with Crippen molar-refractivity contribution in [2.75, 3.05) is 0 Å². The maximum absolute atomic E-state index is 10.6. The fourth-order valence-electron chi connectivity index (χ4n) is 3.29. The first-order chi connectivity index (χ1) is 12.4. The lowest BCUT2D eigenvalue weighted by atomic mass is 9.84. The Labute approximate surface area is 163 Å². The minimum atomic E-state index is -0.00660. The Morgan fingerprint density at radius 2 is 2.12 bits per heavy atom. The van der Waals surface area contributed by atoms with Crippen molar-refractivity contribution in [3.63, 3.8) is 0 Å². The normalized spacial score (nSPS) is 16.1. The quantitative estimate of drug-likeness (QED) is 0.355. The third-order valence-corrected chi connectivity index (χ3v) is 4.49. The van der Waals surface area contributed by atoms with Gasteiger partial charge in [0.25, 0.3) is 5.17 Å². The number of unbranched alkanes of at least 4 members (excludes halogenated alkanes) is 2. The van der Waals surface area contributed by atoms with Gasteiger partial charge in [-0.15, -0.1) is 6.58 Å². The highest BCUT2D eigenvalue weighted by Gasteiger charge is 2.22. The van der Waals surface area contributed by atoms with Gasteiger partial charge in [0.1, 0.15) is 11.5 Å². The van der Waals surface area contributed by atoms with E-state index in [2.05, 4.69) is 26.5 Å². The van der Waals surface area contributed by atoms with Crippen molar-refractivity contribution in [2.24, 2.45) is 5.73 Å². The molecule has 1 aromatic rings. The summed E-state index contributed by atoms with van der Waals surface area (Å²) in [5.41, 5.74) is 8.83. The number of rotatable bonds is 6. The molecule has 0 saturated heterocycles. The van der Waals surface area contributed by atoms with Gasteiger partial charge in [-0.3, -0.25) is 0 Å². The molecule has 0 amide bonds. The van der Waals surface area contributed by atoms with E-state index in [4.69, 9.17) is 22.7 Å². The van der Waals surface area contributed by atoms with Crippen LogP contribution in [0.2, 0.25) is 0 Å². The second-order valence-electron chi connectivity index (χ2n) is 6.82. The van der Waals surface area contributed by atoms with Crippen molar-refractivity contribution in [2.45, 2.75) is 71.6 Å². The van der Waals surface area contributed by atoms with Crippen molar-refractivity contribution < 1.29 is 9.84 Å². The highest BCUT2D eigenvalue weighted by molar-refractivity contribution is 7.80. The Morgan fingerprint density at radius 3 is 2.69 bits per heavy atom. The third kappa shape index (κ3) is 7.20. The predicted octanol–water partition coefficient (Wildman–Crippen LogP) is 6.15. The fraction of sp³-hybridized carbons (Fsp3) is 0.500. The predicted molar refractivity (Wildman–Crippen MR) is 115 cm³/mol. The Morgan fingerprint density at radius 1 is 1.42 bits per heavy atom. The molecule has 1 aliphatic rings. The molecule has 0 saturated carbocycles. The van der Waals surface area contributed by atoms with Gasteiger partial charge in [-0.2, -0.15) is 0 Å². The summed E-state index contributed by atoms with van der Waals surface area (Å²) in [7, 11) is 0. The SMILES string of the molecule is C=CC.CCCCCc1cc(O)c(C2C=C(C)CCC2)c(OC(N)=S)c1. The first-order valence-electron chi connectivity index (χ1n) is 9.50. The monoisotopic (exact) mass is 375 g/mol. The molecule has 1 aromatic carbocycles. The van der Waals surface area contributed by atoms with Gasteiger partial charge in [0.15, 0.2) is 0 Å². The molecule has 0 heterocycles. The lowest BCUT2D eigenvalue weighted by Gasteiger charge is -2.23. The number of benzene rings is 1. The van der Waals surface area contributed by atoms with E-state index in [1.54, 1.807) is 6.08 Å². The summed E-state index contributed by atoms with van der Waals surface area (Å²) < 4.78 is 5.58. The molecule has 0 spiro atoms. The first-order valence-corrected chi connectivity index (χ1v) is 9.91. The maximum atomic E-state index is 10.6. The van der Waals surface area contributed by atoms with Crippen LogP contribution in [-0.2, 0) is 6.42 Å². The van der Waals surface area contributed by atoms with E-state index in [-0.39, 0.29) is 11.1 Å². The van der Waals surface area contributed by atoms with Crippen LogP contribution in [0.15, 0.2) is 36.4 Å². The third-order valence-electron chi connectivity index (χ3n) is 4.40. The van der Waals surface area contributed by atoms with Gasteiger partial charge >= 0.3 is 0 Å². The average molecular weight is 376 g/mol. The number of nitrogens with two attached hydrogens (primary N) is 1. The largest absolute Gasteiger partial charge is 0.507 e. The Kier molecular flexibility index (Phi) is 10.0. The summed E-state index contributed by atoms with van der Waals surface area (Å²) in [6.07, 6.45) is 11.6. The van der Waals surface area contributed by atoms with Crippen molar-refractivity contribution in [1.82, 2.24) is 0 Å². The summed E-state index contributed by atoms with van der Waals surface area (Å²) >= 11 is 4.91. The molecule has 144 valence electrons. The number of thiocarbonyl (C=S) groups is 1. The minimum Gasteiger partial charge on any atom is -0.507 e. The van der Waals surface area contributed by atoms with Crippen LogP contribution >= 0.6 is 12.2 Å². The number of ether oxygens (including phenoxy) is 1. The van der Waals surface area contributed by atoms with Gasteiger partial charge in [0, 0.05) is 11.5 Å². The zero-order valence-corrected chi connectivity index (χ0v) is 17.2. The molecule has 0 bridgehead atoms. The highest BCUT2D eigenvalue weighted by Crippen LogP contribution is 2.42. The smallest absolute Gasteiger partial charge is 0.259 e. The van der Waals surface area contributed by atoms with E-state index in [0.717, 1.165) is 43.2 Å². The molecule has 0 aliphatic heterocycles. The van der Waals surface area contributed by atoms with Gasteiger partial charge in [-0.05, 0) is 75.9 Å². The van der Waals surface area contributed by atoms with Crippen molar-refractivity contribution in [3.05, 3.63) is 47.6 Å². The van der Waals surface area contributed by atoms with Crippen molar-refractivity contribution >= 4 is 17.4 Å². The Bertz CT molecular complexity index is 637. The second kappa shape index (κ2) is 11.7. The molecule has 0 radical (unpaired) electrons. The summed E-state index contributed by atoms with van der Waals surface area (Å²) in [5, 5.41) is 10.6. The second-order valence-corrected chi connectivity index (χ2v) is 7.23. The molecule has 1 unspecified atom stereocenters. The molecule has 4 heteroatoms. The molecule has 1 atom stereocenters. The fourth-order valence-corrected chi connectivity index (χ4v) is 3.38. The van der Waals surface area contributed by atoms with Crippen LogP contribution in [0.3, 0.4) is 0 Å². The molecule has 2 rings (SSSR count). The lowest BCUT2D eigenvalue weighted by molar-refractivity contribution is 0.448. The van der Waals surface area contributed by atoms with Crippen LogP contribution in [-0.4, -0.2) is 10.3 Å². The molecule has 3 N–H and O–H groups in total. The summed E-state index contributed by atoms with van der Waals surface area (Å²) in [4.78, 5) is 0.